The molecule has 0 aliphatic carbocycles. The van der Waals surface area contributed by atoms with Crippen LogP contribution in [0.25, 0.3) is 5.69 Å². The van der Waals surface area contributed by atoms with Gasteiger partial charge in [0.15, 0.2) is 9.84 Å². The van der Waals surface area contributed by atoms with Crippen molar-refractivity contribution in [3.05, 3.63) is 74.8 Å². The highest BCUT2D eigenvalue weighted by molar-refractivity contribution is 9.10. The average Bonchev–Trinajstić information content (AvgIpc) is 3.08. The number of nitrogens with zero attached hydrogens (tertiary/aromatic N) is 2. The van der Waals surface area contributed by atoms with Crippen LogP contribution in [0, 0.1) is 0 Å². The van der Waals surface area contributed by atoms with Gasteiger partial charge in [0.05, 0.1) is 28.5 Å². The summed E-state index contributed by atoms with van der Waals surface area (Å²) in [7, 11) is -3.26. The summed E-state index contributed by atoms with van der Waals surface area (Å²) in [6, 6.07) is 14.0. The lowest BCUT2D eigenvalue weighted by atomic mass is 10.2. The number of carbonyl (C=O) groups is 1. The third-order valence-electron chi connectivity index (χ3n) is 4.19. The van der Waals surface area contributed by atoms with Crippen LogP contribution in [0.1, 0.15) is 21.6 Å². The number of fused-ring (bicyclic) bond motifs is 1. The molecule has 3 aromatic rings. The number of nitrogens with one attached hydrogen (secondary N) is 1. The Morgan fingerprint density at radius 1 is 1.15 bits per heavy atom. The van der Waals surface area contributed by atoms with E-state index in [1.807, 2.05) is 0 Å². The van der Waals surface area contributed by atoms with E-state index in [1.165, 1.54) is 4.68 Å². The SMILES string of the molecule is O=C(Nc1c2c(nn1-c1cccc(Cl)c1)CS(=O)(=O)C2)c1ccccc1Br. The number of halogens is 2. The van der Waals surface area contributed by atoms with Crippen molar-refractivity contribution in [2.45, 2.75) is 11.5 Å². The summed E-state index contributed by atoms with van der Waals surface area (Å²) in [4.78, 5) is 12.8. The summed E-state index contributed by atoms with van der Waals surface area (Å²) in [5, 5.41) is 7.76. The molecular formula is C18H13BrClN3O3S. The molecule has 2 heterocycles. The Labute approximate surface area is 169 Å². The molecule has 0 atom stereocenters. The van der Waals surface area contributed by atoms with Crippen molar-refractivity contribution in [3.8, 4) is 5.69 Å². The summed E-state index contributed by atoms with van der Waals surface area (Å²) in [6.45, 7) is 0. The van der Waals surface area contributed by atoms with Crippen LogP contribution in [-0.4, -0.2) is 24.1 Å². The van der Waals surface area contributed by atoms with E-state index in [9.17, 15) is 13.2 Å². The molecule has 0 fully saturated rings. The van der Waals surface area contributed by atoms with Gasteiger partial charge >= 0.3 is 0 Å². The van der Waals surface area contributed by atoms with E-state index < -0.39 is 9.84 Å². The molecule has 0 saturated carbocycles. The number of benzene rings is 2. The quantitative estimate of drug-likeness (QED) is 0.633. The molecule has 9 heteroatoms. The molecule has 1 amide bonds. The first-order valence-corrected chi connectivity index (χ1v) is 11.0. The highest BCUT2D eigenvalue weighted by atomic mass is 79.9. The van der Waals surface area contributed by atoms with Crippen molar-refractivity contribution in [1.82, 2.24) is 9.78 Å². The van der Waals surface area contributed by atoms with Gasteiger partial charge in [0.2, 0.25) is 0 Å². The maximum atomic E-state index is 12.8. The lowest BCUT2D eigenvalue weighted by Crippen LogP contribution is -2.17. The third-order valence-corrected chi connectivity index (χ3v) is 6.56. The summed E-state index contributed by atoms with van der Waals surface area (Å²) >= 11 is 9.44. The Morgan fingerprint density at radius 2 is 1.93 bits per heavy atom. The maximum absolute atomic E-state index is 12.8. The zero-order chi connectivity index (χ0) is 19.2. The van der Waals surface area contributed by atoms with E-state index in [4.69, 9.17) is 11.6 Å². The van der Waals surface area contributed by atoms with Crippen molar-refractivity contribution in [2.75, 3.05) is 5.32 Å². The number of aromatic nitrogens is 2. The Balaban J connectivity index is 1.81. The second-order valence-corrected chi connectivity index (χ2v) is 9.49. The van der Waals surface area contributed by atoms with Gasteiger partial charge in [-0.15, -0.1) is 0 Å². The Hall–Kier alpha value is -2.16. The third kappa shape index (κ3) is 3.52. The molecule has 1 aliphatic rings. The van der Waals surface area contributed by atoms with Gasteiger partial charge in [-0.05, 0) is 46.3 Å². The van der Waals surface area contributed by atoms with E-state index in [-0.39, 0.29) is 17.4 Å². The van der Waals surface area contributed by atoms with Gasteiger partial charge in [0.1, 0.15) is 5.82 Å². The van der Waals surface area contributed by atoms with Gasteiger partial charge in [0, 0.05) is 15.1 Å². The molecule has 1 aliphatic heterocycles. The Kier molecular flexibility index (Phi) is 4.57. The van der Waals surface area contributed by atoms with Crippen molar-refractivity contribution in [3.63, 3.8) is 0 Å². The molecule has 0 spiro atoms. The minimum Gasteiger partial charge on any atom is -0.306 e. The minimum absolute atomic E-state index is 0.145. The van der Waals surface area contributed by atoms with Crippen LogP contribution in [0.4, 0.5) is 5.82 Å². The normalized spacial score (nSPS) is 14.7. The van der Waals surface area contributed by atoms with Gasteiger partial charge in [-0.3, -0.25) is 4.79 Å². The Morgan fingerprint density at radius 3 is 2.67 bits per heavy atom. The molecule has 4 rings (SSSR count). The van der Waals surface area contributed by atoms with Crippen molar-refractivity contribution < 1.29 is 13.2 Å². The van der Waals surface area contributed by atoms with Crippen LogP contribution < -0.4 is 5.32 Å². The van der Waals surface area contributed by atoms with Crippen molar-refractivity contribution in [1.29, 1.82) is 0 Å². The van der Waals surface area contributed by atoms with Gasteiger partial charge in [-0.25, -0.2) is 13.1 Å². The average molecular weight is 467 g/mol. The fourth-order valence-corrected chi connectivity index (χ4v) is 5.13. The first-order valence-electron chi connectivity index (χ1n) is 7.97. The molecule has 1 aromatic heterocycles. The molecule has 0 unspecified atom stereocenters. The largest absolute Gasteiger partial charge is 0.306 e. The number of sulfone groups is 1. The van der Waals surface area contributed by atoms with Gasteiger partial charge in [-0.2, -0.15) is 5.10 Å². The molecule has 0 saturated heterocycles. The number of hydrogen-bond acceptors (Lipinski definition) is 4. The molecule has 138 valence electrons. The lowest BCUT2D eigenvalue weighted by Gasteiger charge is -2.12. The summed E-state index contributed by atoms with van der Waals surface area (Å²) in [5.41, 5.74) is 2.02. The minimum atomic E-state index is -3.26. The zero-order valence-electron chi connectivity index (χ0n) is 13.8. The first kappa shape index (κ1) is 18.2. The van der Waals surface area contributed by atoms with Crippen LogP contribution in [0.2, 0.25) is 5.02 Å². The van der Waals surface area contributed by atoms with Gasteiger partial charge in [-0.1, -0.05) is 29.8 Å². The van der Waals surface area contributed by atoms with Crippen LogP contribution in [0.3, 0.4) is 0 Å². The second-order valence-electron chi connectivity index (χ2n) is 6.13. The summed E-state index contributed by atoms with van der Waals surface area (Å²) in [6.07, 6.45) is 0. The summed E-state index contributed by atoms with van der Waals surface area (Å²) in [5.74, 6) is -0.325. The first-order chi connectivity index (χ1) is 12.8. The van der Waals surface area contributed by atoms with E-state index in [1.54, 1.807) is 48.5 Å². The molecule has 1 N–H and O–H groups in total. The molecule has 0 bridgehead atoms. The second kappa shape index (κ2) is 6.78. The predicted octanol–water partition coefficient (Wildman–Crippen LogP) is 3.97. The number of anilines is 1. The molecule has 27 heavy (non-hydrogen) atoms. The van der Waals surface area contributed by atoms with Crippen LogP contribution in [-0.2, 0) is 21.3 Å². The van der Waals surface area contributed by atoms with Crippen LogP contribution in [0.15, 0.2) is 53.0 Å². The molecule has 0 radical (unpaired) electrons. The highest BCUT2D eigenvalue weighted by Gasteiger charge is 2.33. The van der Waals surface area contributed by atoms with E-state index in [2.05, 4.69) is 26.3 Å². The smallest absolute Gasteiger partial charge is 0.257 e. The number of hydrogen-bond donors (Lipinski definition) is 1. The molecule has 2 aromatic carbocycles. The molecule has 6 nitrogen and oxygen atoms in total. The Bertz CT molecular complexity index is 1170. The van der Waals surface area contributed by atoms with Crippen LogP contribution in [0.5, 0.6) is 0 Å². The zero-order valence-corrected chi connectivity index (χ0v) is 17.0. The van der Waals surface area contributed by atoms with E-state index in [0.717, 1.165) is 0 Å². The van der Waals surface area contributed by atoms with Gasteiger partial charge in [0.25, 0.3) is 5.91 Å². The monoisotopic (exact) mass is 465 g/mol. The lowest BCUT2D eigenvalue weighted by molar-refractivity contribution is 0.102. The van der Waals surface area contributed by atoms with E-state index >= 15 is 0 Å². The fraction of sp³-hybridized carbons (Fsp3) is 0.111. The van der Waals surface area contributed by atoms with Crippen molar-refractivity contribution in [2.24, 2.45) is 0 Å². The molecular weight excluding hydrogens is 454 g/mol. The fourth-order valence-electron chi connectivity index (χ4n) is 2.99. The van der Waals surface area contributed by atoms with Crippen molar-refractivity contribution >= 4 is 49.1 Å². The van der Waals surface area contributed by atoms with Crippen LogP contribution >= 0.6 is 27.5 Å². The number of carbonyl (C=O) groups excluding carboxylic acids is 1. The maximum Gasteiger partial charge on any atom is 0.257 e. The number of rotatable bonds is 3. The highest BCUT2D eigenvalue weighted by Crippen LogP contribution is 2.34. The summed E-state index contributed by atoms with van der Waals surface area (Å²) < 4.78 is 26.2. The number of amides is 1. The van der Waals surface area contributed by atoms with E-state index in [0.29, 0.717) is 37.8 Å². The standard InChI is InChI=1S/C18H13BrClN3O3S/c19-15-7-2-1-6-13(15)18(24)21-17-14-9-27(25,26)10-16(14)22-23(17)12-5-3-4-11(20)8-12/h1-8H,9-10H2,(H,21,24). The van der Waals surface area contributed by atoms with Gasteiger partial charge < -0.3 is 5.32 Å². The topological polar surface area (TPSA) is 81.1 Å². The predicted molar refractivity (Wildman–Crippen MR) is 107 cm³/mol.